The quantitative estimate of drug-likeness (QED) is 0.689. The minimum absolute atomic E-state index is 0.00463. The zero-order valence-electron chi connectivity index (χ0n) is 7.42. The van der Waals surface area contributed by atoms with Crippen LogP contribution in [0.3, 0.4) is 0 Å². The van der Waals surface area contributed by atoms with Crippen LogP contribution in [0, 0.1) is 0 Å². The van der Waals surface area contributed by atoms with Gasteiger partial charge in [0.05, 0.1) is 0 Å². The number of halogens is 2. The van der Waals surface area contributed by atoms with Gasteiger partial charge in [-0.25, -0.2) is 0 Å². The molecule has 2 rings (SSSR count). The molecule has 14 heavy (non-hydrogen) atoms. The number of hydrogen-bond donors (Lipinski definition) is 1. The monoisotopic (exact) mass is 198 g/mol. The summed E-state index contributed by atoms with van der Waals surface area (Å²) >= 11 is 0. The standard InChI is InChI=1S/C10H8F2O2/c1-9(14)7-5-3-2-4-6(7)8(13)10(9,11)12/h2-5,14H,1H3. The second-order valence-electron chi connectivity index (χ2n) is 3.52. The van der Waals surface area contributed by atoms with Gasteiger partial charge in [0.2, 0.25) is 5.78 Å². The summed E-state index contributed by atoms with van der Waals surface area (Å²) in [6.45, 7) is 0.955. The van der Waals surface area contributed by atoms with E-state index in [1.807, 2.05) is 0 Å². The number of carbonyl (C=O) groups is 1. The van der Waals surface area contributed by atoms with Crippen molar-refractivity contribution in [2.45, 2.75) is 18.4 Å². The average Bonchev–Trinajstić information content (AvgIpc) is 2.27. The van der Waals surface area contributed by atoms with Crippen LogP contribution < -0.4 is 0 Å². The summed E-state index contributed by atoms with van der Waals surface area (Å²) in [5.74, 6) is -5.03. The van der Waals surface area contributed by atoms with Crippen molar-refractivity contribution in [1.82, 2.24) is 0 Å². The van der Waals surface area contributed by atoms with Crippen LogP contribution in [0.4, 0.5) is 8.78 Å². The van der Waals surface area contributed by atoms with Crippen molar-refractivity contribution >= 4 is 5.78 Å². The van der Waals surface area contributed by atoms with Crippen LogP contribution in [0.5, 0.6) is 0 Å². The zero-order valence-corrected chi connectivity index (χ0v) is 7.42. The van der Waals surface area contributed by atoms with Crippen molar-refractivity contribution in [1.29, 1.82) is 0 Å². The number of rotatable bonds is 0. The topological polar surface area (TPSA) is 37.3 Å². The maximum Gasteiger partial charge on any atom is 0.341 e. The minimum Gasteiger partial charge on any atom is -0.379 e. The highest BCUT2D eigenvalue weighted by Crippen LogP contribution is 2.47. The molecule has 4 heteroatoms. The van der Waals surface area contributed by atoms with E-state index in [4.69, 9.17) is 0 Å². The molecule has 0 aromatic heterocycles. The molecule has 1 unspecified atom stereocenters. The Morgan fingerprint density at radius 2 is 1.86 bits per heavy atom. The maximum absolute atomic E-state index is 13.3. The van der Waals surface area contributed by atoms with Gasteiger partial charge in [0.1, 0.15) is 0 Å². The number of aliphatic hydroxyl groups is 1. The van der Waals surface area contributed by atoms with Gasteiger partial charge in [-0.2, -0.15) is 8.78 Å². The Balaban J connectivity index is 2.74. The second kappa shape index (κ2) is 2.39. The van der Waals surface area contributed by atoms with Gasteiger partial charge in [0.15, 0.2) is 5.60 Å². The van der Waals surface area contributed by atoms with E-state index in [1.165, 1.54) is 24.3 Å². The highest BCUT2D eigenvalue weighted by atomic mass is 19.3. The number of benzene rings is 1. The van der Waals surface area contributed by atoms with Crippen LogP contribution in [0.2, 0.25) is 0 Å². The highest BCUT2D eigenvalue weighted by molar-refractivity contribution is 6.07. The van der Waals surface area contributed by atoms with Crippen molar-refractivity contribution in [2.75, 3.05) is 0 Å². The summed E-state index contributed by atoms with van der Waals surface area (Å²) in [4.78, 5) is 11.2. The maximum atomic E-state index is 13.3. The molecule has 1 aromatic carbocycles. The fourth-order valence-corrected chi connectivity index (χ4v) is 1.66. The van der Waals surface area contributed by atoms with Crippen LogP contribution in [0.15, 0.2) is 24.3 Å². The van der Waals surface area contributed by atoms with Gasteiger partial charge in [-0.15, -0.1) is 0 Å². The summed E-state index contributed by atoms with van der Waals surface area (Å²) < 4.78 is 26.6. The van der Waals surface area contributed by atoms with Gasteiger partial charge in [0.25, 0.3) is 0 Å². The van der Waals surface area contributed by atoms with Crippen molar-refractivity contribution < 1.29 is 18.7 Å². The Labute approximate surface area is 79.2 Å². The van der Waals surface area contributed by atoms with E-state index in [2.05, 4.69) is 0 Å². The van der Waals surface area contributed by atoms with E-state index in [9.17, 15) is 18.7 Å². The molecule has 1 aliphatic carbocycles. The predicted molar refractivity (Wildman–Crippen MR) is 45.3 cm³/mol. The van der Waals surface area contributed by atoms with Crippen LogP contribution in [0.1, 0.15) is 22.8 Å². The molecule has 0 bridgehead atoms. The summed E-state index contributed by atoms with van der Waals surface area (Å²) in [6, 6.07) is 5.65. The smallest absolute Gasteiger partial charge is 0.341 e. The molecular weight excluding hydrogens is 190 g/mol. The molecule has 1 aromatic rings. The number of alkyl halides is 2. The number of carbonyl (C=O) groups excluding carboxylic acids is 1. The summed E-state index contributed by atoms with van der Waals surface area (Å²) in [7, 11) is 0. The molecule has 1 aliphatic rings. The first-order chi connectivity index (χ1) is 6.39. The Bertz CT molecular complexity index is 410. The third-order valence-electron chi connectivity index (χ3n) is 2.59. The minimum atomic E-state index is -3.73. The Hall–Kier alpha value is -1.29. The lowest BCUT2D eigenvalue weighted by molar-refractivity contribution is -0.137. The van der Waals surface area contributed by atoms with Crippen LogP contribution >= 0.6 is 0 Å². The molecule has 0 saturated heterocycles. The fraction of sp³-hybridized carbons (Fsp3) is 0.300. The summed E-state index contributed by atoms with van der Waals surface area (Å²) in [5, 5.41) is 9.57. The first kappa shape index (κ1) is 9.27. The molecule has 0 heterocycles. The van der Waals surface area contributed by atoms with E-state index in [-0.39, 0.29) is 11.1 Å². The third-order valence-corrected chi connectivity index (χ3v) is 2.59. The van der Waals surface area contributed by atoms with Gasteiger partial charge >= 0.3 is 5.92 Å². The first-order valence-electron chi connectivity index (χ1n) is 4.13. The van der Waals surface area contributed by atoms with Crippen molar-refractivity contribution in [3.63, 3.8) is 0 Å². The van der Waals surface area contributed by atoms with E-state index < -0.39 is 17.3 Å². The van der Waals surface area contributed by atoms with Crippen molar-refractivity contribution in [3.8, 4) is 0 Å². The molecule has 0 spiro atoms. The Kier molecular flexibility index (Phi) is 1.58. The molecule has 0 amide bonds. The Morgan fingerprint density at radius 3 is 2.43 bits per heavy atom. The Morgan fingerprint density at radius 1 is 1.29 bits per heavy atom. The lowest BCUT2D eigenvalue weighted by Crippen LogP contribution is -2.42. The van der Waals surface area contributed by atoms with E-state index in [1.54, 1.807) is 0 Å². The summed E-state index contributed by atoms with van der Waals surface area (Å²) in [6.07, 6.45) is 0. The molecule has 74 valence electrons. The zero-order chi connectivity index (χ0) is 10.6. The van der Waals surface area contributed by atoms with Gasteiger partial charge in [-0.05, 0) is 6.92 Å². The molecule has 1 N–H and O–H groups in total. The predicted octanol–water partition coefficient (Wildman–Crippen LogP) is 1.73. The van der Waals surface area contributed by atoms with Crippen molar-refractivity contribution in [3.05, 3.63) is 35.4 Å². The molecule has 0 aliphatic heterocycles. The fourth-order valence-electron chi connectivity index (χ4n) is 1.66. The molecule has 0 saturated carbocycles. The SMILES string of the molecule is CC1(O)c2ccccc2C(=O)C1(F)F. The molecular formula is C10H8F2O2. The average molecular weight is 198 g/mol. The lowest BCUT2D eigenvalue weighted by Gasteiger charge is -2.24. The number of ketones is 1. The normalized spacial score (nSPS) is 29.0. The highest BCUT2D eigenvalue weighted by Gasteiger charge is 2.62. The van der Waals surface area contributed by atoms with Crippen molar-refractivity contribution in [2.24, 2.45) is 0 Å². The van der Waals surface area contributed by atoms with Crippen LogP contribution in [0.25, 0.3) is 0 Å². The van der Waals surface area contributed by atoms with E-state index in [0.717, 1.165) is 6.92 Å². The number of hydrogen-bond acceptors (Lipinski definition) is 2. The van der Waals surface area contributed by atoms with Gasteiger partial charge in [-0.1, -0.05) is 24.3 Å². The van der Waals surface area contributed by atoms with Gasteiger partial charge in [0, 0.05) is 11.1 Å². The number of Topliss-reactive ketones (excluding diaryl/α,β-unsaturated/α-hetero) is 1. The third kappa shape index (κ3) is 0.838. The van der Waals surface area contributed by atoms with E-state index in [0.29, 0.717) is 0 Å². The largest absolute Gasteiger partial charge is 0.379 e. The first-order valence-corrected chi connectivity index (χ1v) is 4.13. The molecule has 1 atom stereocenters. The molecule has 2 nitrogen and oxygen atoms in total. The van der Waals surface area contributed by atoms with Crippen LogP contribution in [-0.4, -0.2) is 16.8 Å². The van der Waals surface area contributed by atoms with Gasteiger partial charge in [-0.3, -0.25) is 4.79 Å². The van der Waals surface area contributed by atoms with E-state index >= 15 is 0 Å². The number of fused-ring (bicyclic) bond motifs is 1. The lowest BCUT2D eigenvalue weighted by atomic mass is 9.96. The van der Waals surface area contributed by atoms with Gasteiger partial charge < -0.3 is 5.11 Å². The second-order valence-corrected chi connectivity index (χ2v) is 3.52. The summed E-state index contributed by atoms with van der Waals surface area (Å²) in [5.41, 5.74) is -2.49. The molecule has 0 radical (unpaired) electrons. The molecule has 0 fully saturated rings. The van der Waals surface area contributed by atoms with Crippen LogP contribution in [-0.2, 0) is 5.60 Å².